The van der Waals surface area contributed by atoms with Crippen LogP contribution in [0.3, 0.4) is 0 Å². The van der Waals surface area contributed by atoms with Crippen LogP contribution in [-0.2, 0) is 4.79 Å². The summed E-state index contributed by atoms with van der Waals surface area (Å²) in [5.41, 5.74) is 0.163. The number of carbonyl (C=O) groups is 3. The molecule has 1 aliphatic rings. The molecule has 11 heteroatoms. The van der Waals surface area contributed by atoms with Gasteiger partial charge in [-0.3, -0.25) is 29.4 Å². The number of anilines is 1. The zero-order valence-corrected chi connectivity index (χ0v) is 16.9. The number of hydrogen-bond donors (Lipinski definition) is 1. The van der Waals surface area contributed by atoms with Crippen molar-refractivity contribution in [1.29, 1.82) is 0 Å². The lowest BCUT2D eigenvalue weighted by Gasteiger charge is -2.21. The number of nitrogens with zero attached hydrogens (tertiary/aromatic N) is 5. The zero-order valence-electron chi connectivity index (χ0n) is 16.9. The van der Waals surface area contributed by atoms with E-state index in [1.165, 1.54) is 25.3 Å². The van der Waals surface area contributed by atoms with Crippen molar-refractivity contribution in [1.82, 2.24) is 19.7 Å². The number of hydrogen-bond acceptors (Lipinski definition) is 7. The average molecular weight is 422 g/mol. The summed E-state index contributed by atoms with van der Waals surface area (Å²) in [7, 11) is 0. The number of pyridine rings is 1. The average Bonchev–Trinajstić information content (AvgIpc) is 3.26. The van der Waals surface area contributed by atoms with E-state index < -0.39 is 34.4 Å². The molecule has 1 aliphatic heterocycles. The number of nitro groups is 1. The van der Waals surface area contributed by atoms with Crippen LogP contribution in [-0.4, -0.2) is 48.4 Å². The van der Waals surface area contributed by atoms with E-state index in [-0.39, 0.29) is 17.2 Å². The monoisotopic (exact) mass is 422 g/mol. The van der Waals surface area contributed by atoms with Crippen molar-refractivity contribution < 1.29 is 19.3 Å². The first kappa shape index (κ1) is 20.1. The Morgan fingerprint density at radius 2 is 1.90 bits per heavy atom. The summed E-state index contributed by atoms with van der Waals surface area (Å²) in [4.78, 5) is 53.8. The number of amides is 3. The topological polar surface area (TPSA) is 140 Å². The second kappa shape index (κ2) is 7.27. The van der Waals surface area contributed by atoms with Gasteiger partial charge in [0.1, 0.15) is 11.6 Å². The molecule has 0 aliphatic carbocycles. The highest BCUT2D eigenvalue weighted by molar-refractivity contribution is 6.24. The summed E-state index contributed by atoms with van der Waals surface area (Å²) in [5, 5.41) is 18.9. The Morgan fingerprint density at radius 1 is 1.16 bits per heavy atom. The maximum atomic E-state index is 12.8. The van der Waals surface area contributed by atoms with Crippen molar-refractivity contribution >= 4 is 40.1 Å². The van der Waals surface area contributed by atoms with Crippen molar-refractivity contribution in [2.75, 3.05) is 5.32 Å². The fourth-order valence-corrected chi connectivity index (χ4v) is 3.54. The minimum absolute atomic E-state index is 0.0944. The van der Waals surface area contributed by atoms with E-state index in [2.05, 4.69) is 15.4 Å². The minimum Gasteiger partial charge on any atom is -0.323 e. The number of fused-ring (bicyclic) bond motifs is 2. The summed E-state index contributed by atoms with van der Waals surface area (Å²) in [6.45, 7) is 5.32. The molecule has 2 aromatic heterocycles. The van der Waals surface area contributed by atoms with E-state index in [9.17, 15) is 24.5 Å². The number of rotatable bonds is 5. The van der Waals surface area contributed by atoms with Crippen LogP contribution < -0.4 is 5.32 Å². The Balaban J connectivity index is 1.58. The lowest BCUT2D eigenvalue weighted by atomic mass is 10.1. The first-order chi connectivity index (χ1) is 14.7. The van der Waals surface area contributed by atoms with Crippen LogP contribution in [0.25, 0.3) is 11.0 Å². The molecule has 4 rings (SSSR count). The summed E-state index contributed by atoms with van der Waals surface area (Å²) in [5.74, 6) is -2.26. The lowest BCUT2D eigenvalue weighted by Crippen LogP contribution is -2.45. The SMILES string of the molecule is CC(C)n1ncc2cc(NC(=O)[C@H](C)N3C(=O)c4cccc([N+](=O)[O-])c4C3=O)cnc21. The van der Waals surface area contributed by atoms with Crippen LogP contribution in [0.5, 0.6) is 0 Å². The summed E-state index contributed by atoms with van der Waals surface area (Å²) in [6, 6.07) is 4.42. The van der Waals surface area contributed by atoms with Gasteiger partial charge in [0, 0.05) is 17.5 Å². The van der Waals surface area contributed by atoms with Crippen LogP contribution >= 0.6 is 0 Å². The number of benzene rings is 1. The molecular weight excluding hydrogens is 404 g/mol. The largest absolute Gasteiger partial charge is 0.323 e. The van der Waals surface area contributed by atoms with Crippen LogP contribution in [0.2, 0.25) is 0 Å². The molecule has 0 spiro atoms. The fourth-order valence-electron chi connectivity index (χ4n) is 3.54. The fraction of sp³-hybridized carbons (Fsp3) is 0.250. The molecule has 3 heterocycles. The van der Waals surface area contributed by atoms with Crippen LogP contribution in [0.15, 0.2) is 36.7 Å². The van der Waals surface area contributed by atoms with Crippen molar-refractivity contribution in [3.05, 3.63) is 57.9 Å². The first-order valence-corrected chi connectivity index (χ1v) is 9.50. The maximum absolute atomic E-state index is 12.8. The third-order valence-corrected chi connectivity index (χ3v) is 5.08. The lowest BCUT2D eigenvalue weighted by molar-refractivity contribution is -0.385. The third-order valence-electron chi connectivity index (χ3n) is 5.08. The Labute approximate surface area is 175 Å². The third kappa shape index (κ3) is 3.19. The molecule has 0 unspecified atom stereocenters. The minimum atomic E-state index is -1.19. The van der Waals surface area contributed by atoms with Gasteiger partial charge in [-0.2, -0.15) is 5.10 Å². The molecule has 1 atom stereocenters. The normalized spacial score (nSPS) is 14.3. The summed E-state index contributed by atoms with van der Waals surface area (Å²) >= 11 is 0. The van der Waals surface area contributed by atoms with Crippen molar-refractivity contribution in [3.8, 4) is 0 Å². The van der Waals surface area contributed by atoms with E-state index in [1.54, 1.807) is 16.9 Å². The highest BCUT2D eigenvalue weighted by atomic mass is 16.6. The number of nitrogens with one attached hydrogen (secondary N) is 1. The molecule has 0 fully saturated rings. The molecule has 3 aromatic rings. The van der Waals surface area contributed by atoms with Gasteiger partial charge < -0.3 is 5.32 Å². The number of aromatic nitrogens is 3. The van der Waals surface area contributed by atoms with E-state index >= 15 is 0 Å². The highest BCUT2D eigenvalue weighted by Gasteiger charge is 2.44. The highest BCUT2D eigenvalue weighted by Crippen LogP contribution is 2.32. The summed E-state index contributed by atoms with van der Waals surface area (Å²) < 4.78 is 1.75. The van der Waals surface area contributed by atoms with Crippen LogP contribution in [0.1, 0.15) is 47.5 Å². The zero-order chi connectivity index (χ0) is 22.4. The predicted molar refractivity (Wildman–Crippen MR) is 110 cm³/mol. The van der Waals surface area contributed by atoms with Gasteiger partial charge in [0.2, 0.25) is 5.91 Å². The van der Waals surface area contributed by atoms with Gasteiger partial charge in [0.25, 0.3) is 17.5 Å². The Kier molecular flexibility index (Phi) is 4.72. The number of nitro benzene ring substituents is 1. The van der Waals surface area contributed by atoms with Gasteiger partial charge in [-0.1, -0.05) is 6.07 Å². The van der Waals surface area contributed by atoms with Gasteiger partial charge in [-0.15, -0.1) is 0 Å². The van der Waals surface area contributed by atoms with Crippen molar-refractivity contribution in [3.63, 3.8) is 0 Å². The first-order valence-electron chi connectivity index (χ1n) is 9.50. The molecule has 0 saturated heterocycles. The van der Waals surface area contributed by atoms with Crippen LogP contribution in [0, 0.1) is 10.1 Å². The Bertz CT molecular complexity index is 1260. The molecule has 31 heavy (non-hydrogen) atoms. The molecule has 1 aromatic carbocycles. The molecule has 11 nitrogen and oxygen atoms in total. The second-order valence-electron chi connectivity index (χ2n) is 7.42. The molecule has 158 valence electrons. The Morgan fingerprint density at radius 3 is 2.58 bits per heavy atom. The van der Waals surface area contributed by atoms with E-state index in [0.29, 0.717) is 11.3 Å². The van der Waals surface area contributed by atoms with E-state index in [1.807, 2.05) is 13.8 Å². The Hall–Kier alpha value is -4.15. The smallest absolute Gasteiger partial charge is 0.282 e. The van der Waals surface area contributed by atoms with Gasteiger partial charge in [-0.25, -0.2) is 9.67 Å². The quantitative estimate of drug-likeness (QED) is 0.378. The van der Waals surface area contributed by atoms with Crippen molar-refractivity contribution in [2.45, 2.75) is 32.9 Å². The standard InChI is InChI=1S/C20H18N6O5/c1-10(2)25-17-12(8-22-25)7-13(9-21-17)23-18(27)11(3)24-19(28)14-5-4-6-15(26(30)31)16(14)20(24)29/h4-11H,1-3H3,(H,23,27)/t11-/m0/s1. The molecular formula is C20H18N6O5. The predicted octanol–water partition coefficient (Wildman–Crippen LogP) is 2.54. The molecule has 0 bridgehead atoms. The van der Waals surface area contributed by atoms with Gasteiger partial charge in [0.15, 0.2) is 5.65 Å². The van der Waals surface area contributed by atoms with Gasteiger partial charge in [-0.05, 0) is 32.9 Å². The van der Waals surface area contributed by atoms with Gasteiger partial charge >= 0.3 is 0 Å². The maximum Gasteiger partial charge on any atom is 0.282 e. The van der Waals surface area contributed by atoms with E-state index in [0.717, 1.165) is 16.4 Å². The van der Waals surface area contributed by atoms with Gasteiger partial charge in [0.05, 0.1) is 28.6 Å². The molecule has 3 amide bonds. The molecule has 1 N–H and O–H groups in total. The summed E-state index contributed by atoms with van der Waals surface area (Å²) in [6.07, 6.45) is 3.09. The molecule has 0 saturated carbocycles. The number of carbonyl (C=O) groups excluding carboxylic acids is 3. The van der Waals surface area contributed by atoms with Crippen LogP contribution in [0.4, 0.5) is 11.4 Å². The van der Waals surface area contributed by atoms with E-state index in [4.69, 9.17) is 0 Å². The molecule has 0 radical (unpaired) electrons. The van der Waals surface area contributed by atoms with Crippen molar-refractivity contribution in [2.24, 2.45) is 0 Å². The number of imide groups is 1. The second-order valence-corrected chi connectivity index (χ2v) is 7.42.